The van der Waals surface area contributed by atoms with Gasteiger partial charge < -0.3 is 15.4 Å². The van der Waals surface area contributed by atoms with Crippen LogP contribution in [-0.4, -0.2) is 15.2 Å². The predicted octanol–water partition coefficient (Wildman–Crippen LogP) is 5.46. The molecule has 0 atom stereocenters. The molecule has 138 valence electrons. The Kier molecular flexibility index (Phi) is 5.11. The maximum Gasteiger partial charge on any atom is 0.249 e. The smallest absolute Gasteiger partial charge is 0.249 e. The van der Waals surface area contributed by atoms with Gasteiger partial charge in [-0.2, -0.15) is 10.1 Å². The van der Waals surface area contributed by atoms with Crippen LogP contribution < -0.4 is 15.4 Å². The summed E-state index contributed by atoms with van der Waals surface area (Å²) in [5.74, 6) is 2.59. The fourth-order valence-electron chi connectivity index (χ4n) is 2.56. The van der Waals surface area contributed by atoms with Crippen LogP contribution in [0, 0.1) is 6.92 Å². The topological polar surface area (TPSA) is 72.0 Å². The van der Waals surface area contributed by atoms with Crippen LogP contribution in [0.4, 0.5) is 23.1 Å². The fraction of sp³-hybridized carbons (Fsp3) is 0.0455. The van der Waals surface area contributed by atoms with Crippen LogP contribution in [-0.2, 0) is 0 Å². The first kappa shape index (κ1) is 17.5. The summed E-state index contributed by atoms with van der Waals surface area (Å²) in [7, 11) is 0. The molecule has 0 spiro atoms. The lowest BCUT2D eigenvalue weighted by molar-refractivity contribution is 0.483. The Hall–Kier alpha value is -3.93. The SMILES string of the molecule is Cc1ccc(Nc2nncc(Nc3ccc(Oc4ccccc4)cc3)n2)cc1. The van der Waals surface area contributed by atoms with E-state index in [0.29, 0.717) is 11.8 Å². The van der Waals surface area contributed by atoms with Crippen molar-refractivity contribution < 1.29 is 4.74 Å². The number of rotatable bonds is 6. The Bertz CT molecular complexity index is 1030. The van der Waals surface area contributed by atoms with Crippen molar-refractivity contribution in [1.82, 2.24) is 15.2 Å². The minimum Gasteiger partial charge on any atom is -0.457 e. The molecule has 0 radical (unpaired) electrons. The van der Waals surface area contributed by atoms with Crippen LogP contribution in [0.3, 0.4) is 0 Å². The van der Waals surface area contributed by atoms with Crippen LogP contribution in [0.1, 0.15) is 5.56 Å². The van der Waals surface area contributed by atoms with E-state index >= 15 is 0 Å². The van der Waals surface area contributed by atoms with Gasteiger partial charge in [0.05, 0.1) is 6.20 Å². The number of hydrogen-bond acceptors (Lipinski definition) is 6. The third-order valence-electron chi connectivity index (χ3n) is 3.97. The summed E-state index contributed by atoms with van der Waals surface area (Å²) in [6, 6.07) is 25.3. The van der Waals surface area contributed by atoms with E-state index in [2.05, 4.69) is 25.8 Å². The van der Waals surface area contributed by atoms with Crippen molar-refractivity contribution in [2.45, 2.75) is 6.92 Å². The zero-order valence-corrected chi connectivity index (χ0v) is 15.3. The van der Waals surface area contributed by atoms with Gasteiger partial charge in [0.15, 0.2) is 5.82 Å². The van der Waals surface area contributed by atoms with Crippen LogP contribution in [0.5, 0.6) is 11.5 Å². The molecule has 6 nitrogen and oxygen atoms in total. The predicted molar refractivity (Wildman–Crippen MR) is 111 cm³/mol. The van der Waals surface area contributed by atoms with E-state index < -0.39 is 0 Å². The number of ether oxygens (including phenoxy) is 1. The highest BCUT2D eigenvalue weighted by Gasteiger charge is 2.03. The molecular formula is C22H19N5O. The molecule has 0 aliphatic carbocycles. The molecule has 0 aliphatic heterocycles. The lowest BCUT2D eigenvalue weighted by atomic mass is 10.2. The third-order valence-corrected chi connectivity index (χ3v) is 3.97. The van der Waals surface area contributed by atoms with Gasteiger partial charge in [0, 0.05) is 11.4 Å². The van der Waals surface area contributed by atoms with Gasteiger partial charge in [-0.1, -0.05) is 35.9 Å². The van der Waals surface area contributed by atoms with Crippen molar-refractivity contribution in [2.75, 3.05) is 10.6 Å². The van der Waals surface area contributed by atoms with E-state index in [4.69, 9.17) is 4.74 Å². The van der Waals surface area contributed by atoms with Crippen LogP contribution in [0.2, 0.25) is 0 Å². The number of anilines is 4. The van der Waals surface area contributed by atoms with E-state index in [1.807, 2.05) is 85.8 Å². The Morgan fingerprint density at radius 1 is 0.714 bits per heavy atom. The molecular weight excluding hydrogens is 350 g/mol. The standard InChI is InChI=1S/C22H19N5O/c1-16-7-9-18(10-8-16)25-22-26-21(15-23-27-22)24-17-11-13-20(14-12-17)28-19-5-3-2-4-6-19/h2-15H,1H3,(H2,24,25,26,27). The average molecular weight is 369 g/mol. The van der Waals surface area contributed by atoms with Gasteiger partial charge in [0.1, 0.15) is 11.5 Å². The first-order valence-electron chi connectivity index (χ1n) is 8.88. The molecule has 6 heteroatoms. The summed E-state index contributed by atoms with van der Waals surface area (Å²) in [5.41, 5.74) is 2.98. The van der Waals surface area contributed by atoms with E-state index in [0.717, 1.165) is 22.9 Å². The summed E-state index contributed by atoms with van der Waals surface area (Å²) in [6.07, 6.45) is 1.58. The molecule has 0 bridgehead atoms. The molecule has 0 saturated carbocycles. The maximum atomic E-state index is 5.80. The Morgan fingerprint density at radius 3 is 2.11 bits per heavy atom. The highest BCUT2D eigenvalue weighted by molar-refractivity contribution is 5.59. The largest absolute Gasteiger partial charge is 0.457 e. The van der Waals surface area contributed by atoms with E-state index in [1.54, 1.807) is 6.20 Å². The molecule has 28 heavy (non-hydrogen) atoms. The van der Waals surface area contributed by atoms with Crippen molar-refractivity contribution in [1.29, 1.82) is 0 Å². The van der Waals surface area contributed by atoms with E-state index in [1.165, 1.54) is 5.56 Å². The summed E-state index contributed by atoms with van der Waals surface area (Å²) in [6.45, 7) is 2.04. The molecule has 3 aromatic carbocycles. The number of benzene rings is 3. The van der Waals surface area contributed by atoms with Gasteiger partial charge in [-0.15, -0.1) is 5.10 Å². The zero-order chi connectivity index (χ0) is 19.2. The summed E-state index contributed by atoms with van der Waals surface area (Å²) >= 11 is 0. The molecule has 1 heterocycles. The molecule has 1 aromatic heterocycles. The molecule has 0 unspecified atom stereocenters. The van der Waals surface area contributed by atoms with Crippen LogP contribution in [0.25, 0.3) is 0 Å². The molecule has 0 amide bonds. The first-order valence-corrected chi connectivity index (χ1v) is 8.88. The van der Waals surface area contributed by atoms with Crippen molar-refractivity contribution >= 4 is 23.1 Å². The molecule has 4 rings (SSSR count). The van der Waals surface area contributed by atoms with Crippen molar-refractivity contribution in [3.63, 3.8) is 0 Å². The second kappa shape index (κ2) is 8.18. The minimum atomic E-state index is 0.429. The number of aryl methyl sites for hydroxylation is 1. The summed E-state index contributed by atoms with van der Waals surface area (Å²) in [4.78, 5) is 4.45. The second-order valence-corrected chi connectivity index (χ2v) is 6.22. The minimum absolute atomic E-state index is 0.429. The van der Waals surface area contributed by atoms with E-state index in [-0.39, 0.29) is 0 Å². The van der Waals surface area contributed by atoms with Gasteiger partial charge in [-0.3, -0.25) is 0 Å². The van der Waals surface area contributed by atoms with Crippen LogP contribution >= 0.6 is 0 Å². The van der Waals surface area contributed by atoms with Gasteiger partial charge in [0.2, 0.25) is 5.95 Å². The Labute approximate surface area is 163 Å². The van der Waals surface area contributed by atoms with Crippen LogP contribution in [0.15, 0.2) is 85.1 Å². The third kappa shape index (κ3) is 4.62. The monoisotopic (exact) mass is 369 g/mol. The number of para-hydroxylation sites is 1. The molecule has 0 fully saturated rings. The zero-order valence-electron chi connectivity index (χ0n) is 15.3. The summed E-state index contributed by atoms with van der Waals surface area (Å²) in [5, 5.41) is 14.4. The lowest BCUT2D eigenvalue weighted by Crippen LogP contribution is -2.02. The highest BCUT2D eigenvalue weighted by Crippen LogP contribution is 2.24. The van der Waals surface area contributed by atoms with Crippen molar-refractivity contribution in [2.24, 2.45) is 0 Å². The van der Waals surface area contributed by atoms with Gasteiger partial charge >= 0.3 is 0 Å². The van der Waals surface area contributed by atoms with Crippen molar-refractivity contribution in [3.05, 3.63) is 90.6 Å². The number of aromatic nitrogens is 3. The molecule has 4 aromatic rings. The molecule has 0 aliphatic rings. The number of hydrogen-bond donors (Lipinski definition) is 2. The maximum absolute atomic E-state index is 5.80. The van der Waals surface area contributed by atoms with E-state index in [9.17, 15) is 0 Å². The Morgan fingerprint density at radius 2 is 1.36 bits per heavy atom. The fourth-order valence-corrected chi connectivity index (χ4v) is 2.56. The lowest BCUT2D eigenvalue weighted by Gasteiger charge is -2.09. The summed E-state index contributed by atoms with van der Waals surface area (Å²) < 4.78 is 5.80. The van der Waals surface area contributed by atoms with Gasteiger partial charge in [-0.25, -0.2) is 0 Å². The second-order valence-electron chi connectivity index (χ2n) is 6.22. The quantitative estimate of drug-likeness (QED) is 0.470. The average Bonchev–Trinajstić information content (AvgIpc) is 2.72. The number of nitrogens with one attached hydrogen (secondary N) is 2. The molecule has 0 saturated heterocycles. The highest BCUT2D eigenvalue weighted by atomic mass is 16.5. The van der Waals surface area contributed by atoms with Gasteiger partial charge in [-0.05, 0) is 55.5 Å². The Balaban J connectivity index is 1.42. The van der Waals surface area contributed by atoms with Gasteiger partial charge in [0.25, 0.3) is 0 Å². The number of nitrogens with zero attached hydrogens (tertiary/aromatic N) is 3. The van der Waals surface area contributed by atoms with Crippen molar-refractivity contribution in [3.8, 4) is 11.5 Å². The first-order chi connectivity index (χ1) is 13.7. The molecule has 2 N–H and O–H groups in total. The normalized spacial score (nSPS) is 10.3.